The minimum absolute atomic E-state index is 0.0660. The predicted octanol–water partition coefficient (Wildman–Crippen LogP) is 2.30. The molecule has 3 atom stereocenters. The second-order valence-electron chi connectivity index (χ2n) is 5.89. The van der Waals surface area contributed by atoms with Crippen molar-refractivity contribution in [1.29, 1.82) is 0 Å². The lowest BCUT2D eigenvalue weighted by atomic mass is 9.88. The van der Waals surface area contributed by atoms with Gasteiger partial charge in [0.05, 0.1) is 0 Å². The molecular weight excluding hydrogens is 292 g/mol. The lowest BCUT2D eigenvalue weighted by molar-refractivity contribution is 0.157. The van der Waals surface area contributed by atoms with Gasteiger partial charge < -0.3 is 5.73 Å². The van der Waals surface area contributed by atoms with Crippen LogP contribution in [0.15, 0.2) is 16.3 Å². The minimum atomic E-state index is -3.36. The van der Waals surface area contributed by atoms with E-state index in [2.05, 4.69) is 13.8 Å². The van der Waals surface area contributed by atoms with E-state index < -0.39 is 10.0 Å². The molecule has 114 valence electrons. The molecule has 1 fully saturated rings. The molecule has 20 heavy (non-hydrogen) atoms. The largest absolute Gasteiger partial charge is 0.330 e. The third-order valence-corrected chi connectivity index (χ3v) is 7.70. The van der Waals surface area contributed by atoms with E-state index in [1.807, 2.05) is 13.0 Å². The molecule has 0 radical (unpaired) electrons. The molecule has 0 bridgehead atoms. The summed E-state index contributed by atoms with van der Waals surface area (Å²) in [6.07, 6.45) is 1.83. The highest BCUT2D eigenvalue weighted by Crippen LogP contribution is 2.33. The Hall–Kier alpha value is -0.430. The smallest absolute Gasteiger partial charge is 0.252 e. The summed E-state index contributed by atoms with van der Waals surface area (Å²) < 4.78 is 27.8. The van der Waals surface area contributed by atoms with Gasteiger partial charge in [-0.05, 0) is 50.3 Å². The molecule has 1 aliphatic rings. The van der Waals surface area contributed by atoms with Crippen molar-refractivity contribution in [2.75, 3.05) is 13.1 Å². The summed E-state index contributed by atoms with van der Waals surface area (Å²) in [5.74, 6) is 0.816. The first-order valence-corrected chi connectivity index (χ1v) is 9.42. The van der Waals surface area contributed by atoms with Gasteiger partial charge in [0.1, 0.15) is 4.21 Å². The van der Waals surface area contributed by atoms with Crippen molar-refractivity contribution in [2.45, 2.75) is 43.9 Å². The van der Waals surface area contributed by atoms with Crippen molar-refractivity contribution < 1.29 is 8.42 Å². The van der Waals surface area contributed by atoms with E-state index in [1.54, 1.807) is 10.4 Å². The van der Waals surface area contributed by atoms with Crippen LogP contribution in [0, 0.1) is 11.8 Å². The first kappa shape index (κ1) is 15.9. The topological polar surface area (TPSA) is 63.4 Å². The Kier molecular flexibility index (Phi) is 4.89. The van der Waals surface area contributed by atoms with Crippen molar-refractivity contribution in [3.05, 3.63) is 17.0 Å². The number of nitrogens with zero attached hydrogens (tertiary/aromatic N) is 1. The maximum absolute atomic E-state index is 12.8. The zero-order valence-electron chi connectivity index (χ0n) is 12.4. The summed E-state index contributed by atoms with van der Waals surface area (Å²) in [5, 5.41) is 0. The van der Waals surface area contributed by atoms with E-state index in [-0.39, 0.29) is 6.04 Å². The molecular formula is C14H24N2O2S2. The van der Waals surface area contributed by atoms with Crippen LogP contribution < -0.4 is 5.73 Å². The Bertz CT molecular complexity index is 553. The van der Waals surface area contributed by atoms with Gasteiger partial charge in [0.25, 0.3) is 10.0 Å². The molecule has 2 rings (SSSR count). The molecule has 0 amide bonds. The summed E-state index contributed by atoms with van der Waals surface area (Å²) in [4.78, 5) is 1.04. The van der Waals surface area contributed by atoms with Crippen molar-refractivity contribution >= 4 is 21.4 Å². The van der Waals surface area contributed by atoms with Gasteiger partial charge in [0.2, 0.25) is 0 Å². The summed E-state index contributed by atoms with van der Waals surface area (Å²) in [5.41, 5.74) is 5.53. The highest BCUT2D eigenvalue weighted by Gasteiger charge is 2.37. The average Bonchev–Trinajstić information content (AvgIpc) is 2.83. The molecule has 1 saturated heterocycles. The fraction of sp³-hybridized carbons (Fsp3) is 0.714. The SMILES string of the molecule is CC1CC(C)C(C)N(S(=O)(=O)c2ccc(CCN)s2)C1. The molecule has 0 aliphatic carbocycles. The lowest BCUT2D eigenvalue weighted by Gasteiger charge is -2.39. The summed E-state index contributed by atoms with van der Waals surface area (Å²) in [7, 11) is -3.36. The van der Waals surface area contributed by atoms with Crippen LogP contribution in [0.2, 0.25) is 0 Å². The number of hydrogen-bond acceptors (Lipinski definition) is 4. The van der Waals surface area contributed by atoms with Crippen molar-refractivity contribution in [3.8, 4) is 0 Å². The van der Waals surface area contributed by atoms with Gasteiger partial charge >= 0.3 is 0 Å². The van der Waals surface area contributed by atoms with E-state index in [0.717, 1.165) is 17.7 Å². The number of piperidine rings is 1. The maximum Gasteiger partial charge on any atom is 0.252 e. The van der Waals surface area contributed by atoms with Crippen LogP contribution in [-0.4, -0.2) is 31.9 Å². The monoisotopic (exact) mass is 316 g/mol. The summed E-state index contributed by atoms with van der Waals surface area (Å²) in [6.45, 7) is 7.45. The van der Waals surface area contributed by atoms with Gasteiger partial charge in [-0.3, -0.25) is 0 Å². The molecule has 6 heteroatoms. The molecule has 3 unspecified atom stereocenters. The fourth-order valence-corrected chi connectivity index (χ4v) is 6.22. The second kappa shape index (κ2) is 6.13. The molecule has 2 N–H and O–H groups in total. The highest BCUT2D eigenvalue weighted by molar-refractivity contribution is 7.91. The quantitative estimate of drug-likeness (QED) is 0.927. The lowest BCUT2D eigenvalue weighted by Crippen LogP contribution is -2.48. The van der Waals surface area contributed by atoms with E-state index in [1.165, 1.54) is 11.3 Å². The van der Waals surface area contributed by atoms with Gasteiger partial charge in [0, 0.05) is 17.5 Å². The van der Waals surface area contributed by atoms with Crippen LogP contribution in [0.1, 0.15) is 32.1 Å². The number of rotatable bonds is 4. The van der Waals surface area contributed by atoms with E-state index in [9.17, 15) is 8.42 Å². The number of hydrogen-bond donors (Lipinski definition) is 1. The number of nitrogens with two attached hydrogens (primary N) is 1. The maximum atomic E-state index is 12.8. The third kappa shape index (κ3) is 3.08. The molecule has 4 nitrogen and oxygen atoms in total. The highest BCUT2D eigenvalue weighted by atomic mass is 32.2. The molecule has 2 heterocycles. The van der Waals surface area contributed by atoms with Crippen LogP contribution in [-0.2, 0) is 16.4 Å². The average molecular weight is 316 g/mol. The first-order chi connectivity index (χ1) is 9.36. The Morgan fingerprint density at radius 1 is 1.35 bits per heavy atom. The standard InChI is InChI=1S/C14H24N2O2S2/c1-10-8-11(2)12(3)16(9-10)20(17,18)14-5-4-13(19-14)6-7-15/h4-5,10-12H,6-9,15H2,1-3H3. The van der Waals surface area contributed by atoms with E-state index in [0.29, 0.717) is 29.1 Å². The first-order valence-electron chi connectivity index (χ1n) is 7.17. The Labute approximate surface area is 126 Å². The van der Waals surface area contributed by atoms with Gasteiger partial charge in [0.15, 0.2) is 0 Å². The van der Waals surface area contributed by atoms with Crippen LogP contribution in [0.4, 0.5) is 0 Å². The predicted molar refractivity (Wildman–Crippen MR) is 83.4 cm³/mol. The van der Waals surface area contributed by atoms with Gasteiger partial charge in [-0.15, -0.1) is 11.3 Å². The van der Waals surface area contributed by atoms with Crippen molar-refractivity contribution in [1.82, 2.24) is 4.31 Å². The number of sulfonamides is 1. The van der Waals surface area contributed by atoms with Crippen LogP contribution >= 0.6 is 11.3 Å². The molecule has 1 aromatic rings. The van der Waals surface area contributed by atoms with Gasteiger partial charge in [-0.2, -0.15) is 4.31 Å². The molecule has 0 aromatic carbocycles. The fourth-order valence-electron chi connectivity index (χ4n) is 2.87. The van der Waals surface area contributed by atoms with Crippen LogP contribution in [0.25, 0.3) is 0 Å². The third-order valence-electron chi connectivity index (χ3n) is 4.13. The van der Waals surface area contributed by atoms with E-state index in [4.69, 9.17) is 5.73 Å². The number of thiophene rings is 1. The Morgan fingerprint density at radius 2 is 2.05 bits per heavy atom. The summed E-state index contributed by atoms with van der Waals surface area (Å²) in [6, 6.07) is 3.67. The molecule has 1 aliphatic heterocycles. The van der Waals surface area contributed by atoms with Crippen molar-refractivity contribution in [3.63, 3.8) is 0 Å². The van der Waals surface area contributed by atoms with Crippen LogP contribution in [0.3, 0.4) is 0 Å². The van der Waals surface area contributed by atoms with Gasteiger partial charge in [-0.1, -0.05) is 13.8 Å². The Morgan fingerprint density at radius 3 is 2.70 bits per heavy atom. The van der Waals surface area contributed by atoms with E-state index >= 15 is 0 Å². The second-order valence-corrected chi connectivity index (χ2v) is 9.18. The van der Waals surface area contributed by atoms with Crippen LogP contribution in [0.5, 0.6) is 0 Å². The minimum Gasteiger partial charge on any atom is -0.330 e. The van der Waals surface area contributed by atoms with Crippen molar-refractivity contribution in [2.24, 2.45) is 17.6 Å². The summed E-state index contributed by atoms with van der Waals surface area (Å²) >= 11 is 1.35. The Balaban J connectivity index is 2.28. The molecule has 1 aromatic heterocycles. The zero-order valence-corrected chi connectivity index (χ0v) is 14.0. The van der Waals surface area contributed by atoms with Gasteiger partial charge in [-0.25, -0.2) is 8.42 Å². The zero-order chi connectivity index (χ0) is 14.9. The molecule has 0 spiro atoms. The normalized spacial score (nSPS) is 28.7. The molecule has 0 saturated carbocycles.